The Morgan fingerprint density at radius 3 is 2.69 bits per heavy atom. The lowest BCUT2D eigenvalue weighted by Gasteiger charge is -2.34. The van der Waals surface area contributed by atoms with Gasteiger partial charge in [0.15, 0.2) is 5.13 Å². The molecule has 1 saturated heterocycles. The third-order valence-corrected chi connectivity index (χ3v) is 7.92. The van der Waals surface area contributed by atoms with Gasteiger partial charge in [-0.25, -0.2) is 4.98 Å². The van der Waals surface area contributed by atoms with Gasteiger partial charge in [0.05, 0.1) is 10.2 Å². The molecule has 0 bridgehead atoms. The number of benzene rings is 2. The maximum absolute atomic E-state index is 12.6. The molecule has 1 amide bonds. The average molecular weight is 449 g/mol. The van der Waals surface area contributed by atoms with Crippen molar-refractivity contribution in [3.05, 3.63) is 58.7 Å². The number of rotatable bonds is 6. The van der Waals surface area contributed by atoms with Crippen molar-refractivity contribution in [2.24, 2.45) is 0 Å². The highest BCUT2D eigenvalue weighted by atomic mass is 32.1. The summed E-state index contributed by atoms with van der Waals surface area (Å²) in [4.78, 5) is 22.4. The van der Waals surface area contributed by atoms with Gasteiger partial charge in [0.2, 0.25) is 0 Å². The van der Waals surface area contributed by atoms with Gasteiger partial charge < -0.3 is 10.2 Å². The van der Waals surface area contributed by atoms with Crippen LogP contribution in [0.5, 0.6) is 0 Å². The normalized spacial score (nSPS) is 16.8. The smallest absolute Gasteiger partial charge is 0.251 e. The molecule has 1 aliphatic heterocycles. The van der Waals surface area contributed by atoms with Crippen molar-refractivity contribution in [1.82, 2.24) is 15.2 Å². The van der Waals surface area contributed by atoms with E-state index in [2.05, 4.69) is 52.4 Å². The standard InChI is InChI=1S/C26H32N4OS/c1-2-19-8-5-9-23-24(19)28-26(32-23)30-16-14-29(15-17-30)13-12-27-25(31)22-11-10-20-6-3-4-7-21(20)18-22/h5,8-11,18H,2-4,6-7,12-17H2,1H3,(H,27,31). The molecule has 1 aromatic heterocycles. The molecular weight excluding hydrogens is 416 g/mol. The molecule has 1 fully saturated rings. The highest BCUT2D eigenvalue weighted by Gasteiger charge is 2.20. The second-order valence-electron chi connectivity index (χ2n) is 8.89. The molecule has 0 unspecified atom stereocenters. The number of carbonyl (C=O) groups is 1. The van der Waals surface area contributed by atoms with E-state index in [1.165, 1.54) is 39.7 Å². The number of amides is 1. The van der Waals surface area contributed by atoms with Gasteiger partial charge in [-0.1, -0.05) is 36.5 Å². The first kappa shape index (κ1) is 21.4. The quantitative estimate of drug-likeness (QED) is 0.611. The van der Waals surface area contributed by atoms with Crippen molar-refractivity contribution in [2.45, 2.75) is 39.0 Å². The highest BCUT2D eigenvalue weighted by Crippen LogP contribution is 2.31. The summed E-state index contributed by atoms with van der Waals surface area (Å²) in [5, 5.41) is 4.26. The second-order valence-corrected chi connectivity index (χ2v) is 9.90. The summed E-state index contributed by atoms with van der Waals surface area (Å²) in [5.41, 5.74) is 6.09. The zero-order valence-electron chi connectivity index (χ0n) is 18.9. The van der Waals surface area contributed by atoms with Gasteiger partial charge in [0.25, 0.3) is 5.91 Å². The van der Waals surface area contributed by atoms with Crippen molar-refractivity contribution in [3.8, 4) is 0 Å². The Balaban J connectivity index is 1.11. The number of aryl methyl sites for hydroxylation is 3. The third-order valence-electron chi connectivity index (χ3n) is 6.84. The Morgan fingerprint density at radius 1 is 1.06 bits per heavy atom. The molecule has 2 aliphatic rings. The lowest BCUT2D eigenvalue weighted by atomic mass is 9.90. The molecule has 3 aromatic rings. The fraction of sp³-hybridized carbons (Fsp3) is 0.462. The Bertz CT molecular complexity index is 1100. The SMILES string of the molecule is CCc1cccc2sc(N3CCN(CCNC(=O)c4ccc5c(c4)CCCC5)CC3)nc12. The Labute approximate surface area is 194 Å². The van der Waals surface area contributed by atoms with E-state index >= 15 is 0 Å². The van der Waals surface area contributed by atoms with Crippen molar-refractivity contribution in [2.75, 3.05) is 44.2 Å². The van der Waals surface area contributed by atoms with Crippen molar-refractivity contribution in [3.63, 3.8) is 0 Å². The van der Waals surface area contributed by atoms with Crippen molar-refractivity contribution >= 4 is 32.6 Å². The lowest BCUT2D eigenvalue weighted by Crippen LogP contribution is -2.48. The predicted octanol–water partition coefficient (Wildman–Crippen LogP) is 4.29. The van der Waals surface area contributed by atoms with Gasteiger partial charge in [-0.15, -0.1) is 0 Å². The summed E-state index contributed by atoms with van der Waals surface area (Å²) >= 11 is 1.80. The van der Waals surface area contributed by atoms with E-state index in [9.17, 15) is 4.79 Å². The Hall–Kier alpha value is -2.44. The fourth-order valence-corrected chi connectivity index (χ4v) is 5.95. The predicted molar refractivity (Wildman–Crippen MR) is 133 cm³/mol. The van der Waals surface area contributed by atoms with Gasteiger partial charge in [0, 0.05) is 44.8 Å². The van der Waals surface area contributed by atoms with E-state index in [1.54, 1.807) is 11.3 Å². The van der Waals surface area contributed by atoms with E-state index in [1.807, 2.05) is 6.07 Å². The fourth-order valence-electron chi connectivity index (χ4n) is 4.88. The summed E-state index contributed by atoms with van der Waals surface area (Å²) in [6, 6.07) is 12.7. The van der Waals surface area contributed by atoms with Crippen molar-refractivity contribution < 1.29 is 4.79 Å². The van der Waals surface area contributed by atoms with E-state index in [0.29, 0.717) is 6.54 Å². The molecule has 5 rings (SSSR count). The van der Waals surface area contributed by atoms with Gasteiger partial charge >= 0.3 is 0 Å². The number of hydrogen-bond acceptors (Lipinski definition) is 5. The zero-order chi connectivity index (χ0) is 21.9. The minimum atomic E-state index is 0.0539. The van der Waals surface area contributed by atoms with E-state index < -0.39 is 0 Å². The summed E-state index contributed by atoms with van der Waals surface area (Å²) < 4.78 is 1.28. The molecule has 168 valence electrons. The monoisotopic (exact) mass is 448 g/mol. The van der Waals surface area contributed by atoms with Crippen LogP contribution in [0.1, 0.15) is 46.8 Å². The molecule has 1 N–H and O–H groups in total. The van der Waals surface area contributed by atoms with Crippen LogP contribution in [0.4, 0.5) is 5.13 Å². The van der Waals surface area contributed by atoms with Crippen LogP contribution >= 0.6 is 11.3 Å². The highest BCUT2D eigenvalue weighted by molar-refractivity contribution is 7.22. The molecule has 0 radical (unpaired) electrons. The number of anilines is 1. The third kappa shape index (κ3) is 4.52. The zero-order valence-corrected chi connectivity index (χ0v) is 19.7. The molecular formula is C26H32N4OS. The second kappa shape index (κ2) is 9.59. The maximum Gasteiger partial charge on any atom is 0.251 e. The molecule has 5 nitrogen and oxygen atoms in total. The van der Waals surface area contributed by atoms with Crippen LogP contribution < -0.4 is 10.2 Å². The van der Waals surface area contributed by atoms with Crippen molar-refractivity contribution in [1.29, 1.82) is 0 Å². The minimum Gasteiger partial charge on any atom is -0.351 e. The Kier molecular flexibility index (Phi) is 6.42. The number of para-hydroxylation sites is 1. The topological polar surface area (TPSA) is 48.5 Å². The van der Waals surface area contributed by atoms with E-state index in [4.69, 9.17) is 4.98 Å². The summed E-state index contributed by atoms with van der Waals surface area (Å²) in [7, 11) is 0. The van der Waals surface area contributed by atoms with Crippen LogP contribution in [0.2, 0.25) is 0 Å². The number of carbonyl (C=O) groups excluding carboxylic acids is 1. The Morgan fingerprint density at radius 2 is 1.88 bits per heavy atom. The average Bonchev–Trinajstić information content (AvgIpc) is 3.28. The number of nitrogens with one attached hydrogen (secondary N) is 1. The molecule has 1 aliphatic carbocycles. The summed E-state index contributed by atoms with van der Waals surface area (Å²) in [5.74, 6) is 0.0539. The largest absolute Gasteiger partial charge is 0.351 e. The van der Waals surface area contributed by atoms with Crippen LogP contribution in [0.3, 0.4) is 0 Å². The molecule has 6 heteroatoms. The van der Waals surface area contributed by atoms with Gasteiger partial charge in [-0.05, 0) is 67.0 Å². The molecule has 0 spiro atoms. The maximum atomic E-state index is 12.6. The first-order chi connectivity index (χ1) is 15.7. The number of nitrogens with zero attached hydrogens (tertiary/aromatic N) is 3. The van der Waals surface area contributed by atoms with Crippen LogP contribution in [0.25, 0.3) is 10.2 Å². The summed E-state index contributed by atoms with van der Waals surface area (Å²) in [6.45, 7) is 7.76. The molecule has 32 heavy (non-hydrogen) atoms. The molecule has 0 atom stereocenters. The van der Waals surface area contributed by atoms with Crippen LogP contribution in [0.15, 0.2) is 36.4 Å². The van der Waals surface area contributed by atoms with Crippen LogP contribution in [-0.4, -0.2) is 55.1 Å². The first-order valence-corrected chi connectivity index (χ1v) is 12.8. The first-order valence-electron chi connectivity index (χ1n) is 12.0. The molecule has 2 heterocycles. The minimum absolute atomic E-state index is 0.0539. The number of aromatic nitrogens is 1. The van der Waals surface area contributed by atoms with Crippen LogP contribution in [-0.2, 0) is 19.3 Å². The van der Waals surface area contributed by atoms with Crippen LogP contribution in [0, 0.1) is 0 Å². The number of fused-ring (bicyclic) bond motifs is 2. The summed E-state index contributed by atoms with van der Waals surface area (Å²) in [6.07, 6.45) is 5.78. The molecule has 2 aromatic carbocycles. The molecule has 0 saturated carbocycles. The number of hydrogen-bond donors (Lipinski definition) is 1. The van der Waals surface area contributed by atoms with Gasteiger partial charge in [-0.2, -0.15) is 0 Å². The number of thiazole rings is 1. The van der Waals surface area contributed by atoms with E-state index in [0.717, 1.165) is 62.7 Å². The van der Waals surface area contributed by atoms with E-state index in [-0.39, 0.29) is 5.91 Å². The number of piperazine rings is 1. The van der Waals surface area contributed by atoms with Gasteiger partial charge in [0.1, 0.15) is 0 Å². The lowest BCUT2D eigenvalue weighted by molar-refractivity contribution is 0.0947. The van der Waals surface area contributed by atoms with Gasteiger partial charge in [-0.3, -0.25) is 9.69 Å².